The van der Waals surface area contributed by atoms with Crippen molar-refractivity contribution in [3.05, 3.63) is 53.6 Å². The van der Waals surface area contributed by atoms with Crippen LogP contribution < -0.4 is 15.4 Å². The van der Waals surface area contributed by atoms with Gasteiger partial charge in [0.25, 0.3) is 0 Å². The molecule has 138 valence electrons. The molecule has 0 saturated carbocycles. The third-order valence-corrected chi connectivity index (χ3v) is 5.09. The molecule has 3 N–H and O–H groups in total. The van der Waals surface area contributed by atoms with Crippen LogP contribution in [-0.4, -0.2) is 26.8 Å². The number of nitrogens with one attached hydrogen (secondary N) is 3. The lowest BCUT2D eigenvalue weighted by Gasteiger charge is -2.10. The zero-order valence-corrected chi connectivity index (χ0v) is 15.6. The predicted octanol–water partition coefficient (Wildman–Crippen LogP) is 2.18. The highest BCUT2D eigenvalue weighted by atomic mass is 32.2. The number of amides is 2. The molecule has 0 aliphatic rings. The number of aryl methyl sites for hydroxylation is 2. The van der Waals surface area contributed by atoms with Crippen molar-refractivity contribution in [1.29, 1.82) is 0 Å². The van der Waals surface area contributed by atoms with Gasteiger partial charge in [0.15, 0.2) is 0 Å². The monoisotopic (exact) mass is 375 g/mol. The van der Waals surface area contributed by atoms with E-state index in [1.54, 1.807) is 43.3 Å². The Balaban J connectivity index is 1.96. The highest BCUT2D eigenvalue weighted by molar-refractivity contribution is 7.89. The first-order chi connectivity index (χ1) is 12.2. The zero-order valence-electron chi connectivity index (χ0n) is 14.8. The third-order valence-electron chi connectivity index (χ3n) is 3.53. The van der Waals surface area contributed by atoms with Crippen LogP contribution in [0, 0.1) is 13.8 Å². The molecule has 2 rings (SSSR count). The van der Waals surface area contributed by atoms with Gasteiger partial charge in [-0.05, 0) is 49.7 Å². The van der Waals surface area contributed by atoms with E-state index in [9.17, 15) is 18.0 Å². The second-order valence-electron chi connectivity index (χ2n) is 5.90. The van der Waals surface area contributed by atoms with Crippen molar-refractivity contribution in [2.24, 2.45) is 0 Å². The van der Waals surface area contributed by atoms with E-state index in [-0.39, 0.29) is 17.3 Å². The number of anilines is 2. The van der Waals surface area contributed by atoms with Crippen LogP contribution in [0.4, 0.5) is 11.4 Å². The Morgan fingerprint density at radius 3 is 2.04 bits per heavy atom. The maximum Gasteiger partial charge on any atom is 0.241 e. The Bertz CT molecular complexity index is 922. The van der Waals surface area contributed by atoms with Gasteiger partial charge in [-0.15, -0.1) is 0 Å². The summed E-state index contributed by atoms with van der Waals surface area (Å²) < 4.78 is 27.0. The topological polar surface area (TPSA) is 104 Å². The summed E-state index contributed by atoms with van der Waals surface area (Å²) in [5, 5.41) is 5.21. The molecule has 7 nitrogen and oxygen atoms in total. The summed E-state index contributed by atoms with van der Waals surface area (Å²) in [6, 6.07) is 11.5. The predicted molar refractivity (Wildman–Crippen MR) is 100 cm³/mol. The Kier molecular flexibility index (Phi) is 6.12. The van der Waals surface area contributed by atoms with Crippen LogP contribution in [0.2, 0.25) is 0 Å². The van der Waals surface area contributed by atoms with Crippen LogP contribution >= 0.6 is 0 Å². The van der Waals surface area contributed by atoms with Gasteiger partial charge >= 0.3 is 0 Å². The van der Waals surface area contributed by atoms with E-state index in [0.717, 1.165) is 5.56 Å². The quantitative estimate of drug-likeness (QED) is 0.720. The van der Waals surface area contributed by atoms with Gasteiger partial charge in [0.05, 0.1) is 11.4 Å². The van der Waals surface area contributed by atoms with Gasteiger partial charge in [-0.25, -0.2) is 13.1 Å². The summed E-state index contributed by atoms with van der Waals surface area (Å²) in [5.74, 6) is -0.687. The molecule has 2 amide bonds. The minimum absolute atomic E-state index is 0.149. The molecule has 0 bridgehead atoms. The van der Waals surface area contributed by atoms with E-state index >= 15 is 0 Å². The van der Waals surface area contributed by atoms with Gasteiger partial charge in [-0.1, -0.05) is 17.7 Å². The molecule has 0 radical (unpaired) electrons. The molecule has 0 spiro atoms. The average molecular weight is 375 g/mol. The van der Waals surface area contributed by atoms with Crippen molar-refractivity contribution in [1.82, 2.24) is 4.72 Å². The summed E-state index contributed by atoms with van der Waals surface area (Å²) in [5.41, 5.74) is 2.68. The normalized spacial score (nSPS) is 11.0. The van der Waals surface area contributed by atoms with Gasteiger partial charge in [-0.2, -0.15) is 0 Å². The van der Waals surface area contributed by atoms with E-state index in [1.165, 1.54) is 13.0 Å². The number of hydrogen-bond donors (Lipinski definition) is 3. The van der Waals surface area contributed by atoms with Gasteiger partial charge in [-0.3, -0.25) is 9.59 Å². The number of rotatable bonds is 6. The lowest BCUT2D eigenvalue weighted by molar-refractivity contribution is -0.115. The molecular formula is C18H21N3O4S. The van der Waals surface area contributed by atoms with Crippen molar-refractivity contribution >= 4 is 33.2 Å². The fourth-order valence-corrected chi connectivity index (χ4v) is 3.59. The summed E-state index contributed by atoms with van der Waals surface area (Å²) in [4.78, 5) is 23.1. The van der Waals surface area contributed by atoms with Gasteiger partial charge in [0, 0.05) is 18.3 Å². The summed E-state index contributed by atoms with van der Waals surface area (Å²) in [7, 11) is -3.77. The number of benzene rings is 2. The minimum Gasteiger partial charge on any atom is -0.326 e. The molecule has 2 aromatic carbocycles. The summed E-state index contributed by atoms with van der Waals surface area (Å²) in [6.07, 6.45) is 0. The fraction of sp³-hybridized carbons (Fsp3) is 0.222. The molecule has 26 heavy (non-hydrogen) atoms. The molecule has 0 aliphatic carbocycles. The molecule has 0 aromatic heterocycles. The zero-order chi connectivity index (χ0) is 19.3. The van der Waals surface area contributed by atoms with Gasteiger partial charge < -0.3 is 10.6 Å². The molecule has 2 aromatic rings. The maximum atomic E-state index is 12.3. The van der Waals surface area contributed by atoms with Crippen LogP contribution in [0.25, 0.3) is 0 Å². The average Bonchev–Trinajstić information content (AvgIpc) is 2.54. The first-order valence-corrected chi connectivity index (χ1v) is 9.40. The third kappa shape index (κ3) is 5.40. The largest absolute Gasteiger partial charge is 0.326 e. The molecule has 0 heterocycles. The molecule has 0 unspecified atom stereocenters. The molecule has 0 aliphatic heterocycles. The van der Waals surface area contributed by atoms with Crippen molar-refractivity contribution in [3.8, 4) is 0 Å². The first kappa shape index (κ1) is 19.6. The van der Waals surface area contributed by atoms with Gasteiger partial charge in [0.2, 0.25) is 21.8 Å². The lowest BCUT2D eigenvalue weighted by Crippen LogP contribution is -2.33. The van der Waals surface area contributed by atoms with E-state index in [0.29, 0.717) is 16.9 Å². The number of hydrogen-bond acceptors (Lipinski definition) is 4. The second kappa shape index (κ2) is 8.11. The summed E-state index contributed by atoms with van der Waals surface area (Å²) in [6.45, 7) is 4.60. The summed E-state index contributed by atoms with van der Waals surface area (Å²) >= 11 is 0. The van der Waals surface area contributed by atoms with Crippen LogP contribution in [-0.2, 0) is 19.6 Å². The number of carbonyl (C=O) groups is 2. The highest BCUT2D eigenvalue weighted by Crippen LogP contribution is 2.16. The highest BCUT2D eigenvalue weighted by Gasteiger charge is 2.17. The van der Waals surface area contributed by atoms with Crippen LogP contribution in [0.15, 0.2) is 47.4 Å². The van der Waals surface area contributed by atoms with Crippen LogP contribution in [0.3, 0.4) is 0 Å². The SMILES string of the molecule is CC(=O)Nc1ccc(NC(=O)CNS(=O)(=O)c2ccc(C)cc2C)cc1. The van der Waals surface area contributed by atoms with Gasteiger partial charge in [0.1, 0.15) is 0 Å². The van der Waals surface area contributed by atoms with Crippen molar-refractivity contribution in [2.45, 2.75) is 25.7 Å². The number of sulfonamides is 1. The van der Waals surface area contributed by atoms with E-state index in [1.807, 2.05) is 6.92 Å². The Labute approximate surface area is 152 Å². The van der Waals surface area contributed by atoms with E-state index < -0.39 is 15.9 Å². The standard InChI is InChI=1S/C18H21N3O4S/c1-12-4-9-17(13(2)10-12)26(24,25)19-11-18(23)21-16-7-5-15(6-8-16)20-14(3)22/h4-10,19H,11H2,1-3H3,(H,20,22)(H,21,23). The van der Waals surface area contributed by atoms with Crippen molar-refractivity contribution in [3.63, 3.8) is 0 Å². The Morgan fingerprint density at radius 1 is 0.923 bits per heavy atom. The first-order valence-electron chi connectivity index (χ1n) is 7.92. The molecule has 0 fully saturated rings. The number of carbonyl (C=O) groups excluding carboxylic acids is 2. The maximum absolute atomic E-state index is 12.3. The molecular weight excluding hydrogens is 354 g/mol. The minimum atomic E-state index is -3.77. The van der Waals surface area contributed by atoms with E-state index in [2.05, 4.69) is 15.4 Å². The van der Waals surface area contributed by atoms with E-state index in [4.69, 9.17) is 0 Å². The van der Waals surface area contributed by atoms with Crippen molar-refractivity contribution in [2.75, 3.05) is 17.2 Å². The second-order valence-corrected chi connectivity index (χ2v) is 7.64. The molecule has 0 saturated heterocycles. The Hall–Kier alpha value is -2.71. The smallest absolute Gasteiger partial charge is 0.241 e. The molecule has 8 heteroatoms. The van der Waals surface area contributed by atoms with Crippen molar-refractivity contribution < 1.29 is 18.0 Å². The molecule has 0 atom stereocenters. The van der Waals surface area contributed by atoms with Crippen LogP contribution in [0.1, 0.15) is 18.1 Å². The van der Waals surface area contributed by atoms with Crippen LogP contribution in [0.5, 0.6) is 0 Å². The fourth-order valence-electron chi connectivity index (χ4n) is 2.38. The lowest BCUT2D eigenvalue weighted by atomic mass is 10.2. The Morgan fingerprint density at radius 2 is 1.50 bits per heavy atom.